The number of nitrogens with zero attached hydrogens (tertiary/aromatic N) is 2. The molecule has 5 nitrogen and oxygen atoms in total. The van der Waals surface area contributed by atoms with Crippen LogP contribution in [0.3, 0.4) is 0 Å². The van der Waals surface area contributed by atoms with Crippen LogP contribution in [0.1, 0.15) is 38.4 Å². The van der Waals surface area contributed by atoms with Crippen molar-refractivity contribution in [3.05, 3.63) is 11.9 Å². The second kappa shape index (κ2) is 5.80. The number of hydrogen-bond acceptors (Lipinski definition) is 5. The zero-order valence-corrected chi connectivity index (χ0v) is 11.0. The maximum Gasteiger partial charge on any atom is 0.132 e. The third-order valence-corrected chi connectivity index (χ3v) is 3.08. The van der Waals surface area contributed by atoms with Crippen molar-refractivity contribution in [2.45, 2.75) is 45.6 Å². The fourth-order valence-corrected chi connectivity index (χ4v) is 1.86. The van der Waals surface area contributed by atoms with Crippen molar-refractivity contribution in [3.8, 4) is 0 Å². The van der Waals surface area contributed by atoms with Gasteiger partial charge in [0, 0.05) is 25.1 Å². The maximum atomic E-state index is 10.9. The molecule has 0 unspecified atom stereocenters. The van der Waals surface area contributed by atoms with E-state index in [2.05, 4.69) is 20.6 Å². The topological polar surface area (TPSA) is 66.9 Å². The van der Waals surface area contributed by atoms with Crippen molar-refractivity contribution in [2.24, 2.45) is 0 Å². The van der Waals surface area contributed by atoms with E-state index >= 15 is 0 Å². The van der Waals surface area contributed by atoms with Crippen molar-refractivity contribution in [1.82, 2.24) is 9.97 Å². The van der Waals surface area contributed by atoms with Crippen LogP contribution in [0, 0.1) is 6.92 Å². The largest absolute Gasteiger partial charge is 0.369 e. The van der Waals surface area contributed by atoms with Crippen molar-refractivity contribution in [3.63, 3.8) is 0 Å². The minimum Gasteiger partial charge on any atom is -0.369 e. The Labute approximate surface area is 107 Å². The lowest BCUT2D eigenvalue weighted by atomic mass is 9.93. The predicted octanol–water partition coefficient (Wildman–Crippen LogP) is 2.14. The Morgan fingerprint density at radius 3 is 2.72 bits per heavy atom. The molecule has 0 atom stereocenters. The highest BCUT2D eigenvalue weighted by Gasteiger charge is 2.17. The monoisotopic (exact) mass is 248 g/mol. The first-order valence-corrected chi connectivity index (χ1v) is 6.49. The molecule has 0 aliphatic heterocycles. The summed E-state index contributed by atoms with van der Waals surface area (Å²) in [7, 11) is 0. The number of aryl methyl sites for hydroxylation is 1. The molecule has 18 heavy (non-hydrogen) atoms. The van der Waals surface area contributed by atoms with Crippen LogP contribution in [-0.2, 0) is 4.79 Å². The number of carbonyl (C=O) groups excluding carboxylic acids is 1. The molecule has 0 bridgehead atoms. The van der Waals surface area contributed by atoms with Crippen molar-refractivity contribution >= 4 is 17.4 Å². The first-order valence-electron chi connectivity index (χ1n) is 6.49. The zero-order valence-electron chi connectivity index (χ0n) is 11.0. The molecule has 1 saturated carbocycles. The van der Waals surface area contributed by atoms with Gasteiger partial charge in [-0.2, -0.15) is 0 Å². The second-order valence-electron chi connectivity index (χ2n) is 4.84. The molecule has 1 fully saturated rings. The molecule has 2 rings (SSSR count). The third kappa shape index (κ3) is 3.68. The Morgan fingerprint density at radius 2 is 2.11 bits per heavy atom. The summed E-state index contributed by atoms with van der Waals surface area (Å²) < 4.78 is 0. The van der Waals surface area contributed by atoms with Gasteiger partial charge in [0.2, 0.25) is 0 Å². The van der Waals surface area contributed by atoms with Crippen LogP contribution in [0.2, 0.25) is 0 Å². The lowest BCUT2D eigenvalue weighted by Gasteiger charge is -2.27. The summed E-state index contributed by atoms with van der Waals surface area (Å²) in [6, 6.07) is 2.47. The third-order valence-electron chi connectivity index (χ3n) is 3.08. The number of ketones is 1. The van der Waals surface area contributed by atoms with E-state index in [1.807, 2.05) is 13.0 Å². The molecule has 1 aliphatic rings. The van der Waals surface area contributed by atoms with Crippen LogP contribution < -0.4 is 10.6 Å². The number of rotatable bonds is 6. The zero-order chi connectivity index (χ0) is 13.0. The Bertz CT molecular complexity index is 429. The van der Waals surface area contributed by atoms with Crippen LogP contribution in [0.4, 0.5) is 11.6 Å². The van der Waals surface area contributed by atoms with E-state index in [1.165, 1.54) is 19.3 Å². The van der Waals surface area contributed by atoms with Crippen LogP contribution in [0.25, 0.3) is 0 Å². The van der Waals surface area contributed by atoms with Crippen LogP contribution >= 0.6 is 0 Å². The fourth-order valence-electron chi connectivity index (χ4n) is 1.86. The van der Waals surface area contributed by atoms with Crippen molar-refractivity contribution < 1.29 is 4.79 Å². The average Bonchev–Trinajstić information content (AvgIpc) is 2.22. The van der Waals surface area contributed by atoms with Gasteiger partial charge in [-0.25, -0.2) is 9.97 Å². The summed E-state index contributed by atoms with van der Waals surface area (Å²) in [5, 5.41) is 6.56. The highest BCUT2D eigenvalue weighted by molar-refractivity contribution is 5.75. The van der Waals surface area contributed by atoms with E-state index in [9.17, 15) is 4.79 Å². The molecule has 98 valence electrons. The fraction of sp³-hybridized carbons (Fsp3) is 0.615. The molecule has 0 amide bonds. The molecular weight excluding hydrogens is 228 g/mol. The Hall–Kier alpha value is -1.65. The van der Waals surface area contributed by atoms with Gasteiger partial charge < -0.3 is 10.6 Å². The summed E-state index contributed by atoms with van der Waals surface area (Å²) in [6.07, 6.45) is 4.26. The van der Waals surface area contributed by atoms with Gasteiger partial charge in [-0.3, -0.25) is 4.79 Å². The van der Waals surface area contributed by atoms with Gasteiger partial charge in [-0.05, 0) is 33.1 Å². The summed E-state index contributed by atoms with van der Waals surface area (Å²) in [4.78, 5) is 19.6. The smallest absolute Gasteiger partial charge is 0.132 e. The van der Waals surface area contributed by atoms with Gasteiger partial charge >= 0.3 is 0 Å². The Kier molecular flexibility index (Phi) is 4.12. The van der Waals surface area contributed by atoms with E-state index in [1.54, 1.807) is 6.92 Å². The minimum atomic E-state index is 0.182. The van der Waals surface area contributed by atoms with Crippen LogP contribution in [0.15, 0.2) is 6.07 Å². The molecule has 1 aromatic rings. The van der Waals surface area contributed by atoms with Gasteiger partial charge in [0.05, 0.1) is 0 Å². The molecule has 0 spiro atoms. The number of nitrogens with one attached hydrogen (secondary N) is 2. The summed E-state index contributed by atoms with van der Waals surface area (Å²) in [5.41, 5.74) is 0. The highest BCUT2D eigenvalue weighted by atomic mass is 16.1. The number of aromatic nitrogens is 2. The molecule has 0 radical (unpaired) electrons. The van der Waals surface area contributed by atoms with Gasteiger partial charge in [0.1, 0.15) is 23.2 Å². The van der Waals surface area contributed by atoms with E-state index in [-0.39, 0.29) is 5.78 Å². The quantitative estimate of drug-likeness (QED) is 0.807. The molecule has 1 heterocycles. The molecule has 1 aliphatic carbocycles. The Balaban J connectivity index is 1.94. The molecule has 0 aromatic carbocycles. The summed E-state index contributed by atoms with van der Waals surface area (Å²) >= 11 is 0. The first kappa shape index (κ1) is 12.8. The van der Waals surface area contributed by atoms with Gasteiger partial charge in [-0.15, -0.1) is 0 Å². The molecular formula is C13H20N4O. The van der Waals surface area contributed by atoms with E-state index in [0.717, 1.165) is 17.5 Å². The number of carbonyl (C=O) groups is 1. The summed E-state index contributed by atoms with van der Waals surface area (Å²) in [5.74, 6) is 2.58. The number of anilines is 2. The van der Waals surface area contributed by atoms with Gasteiger partial charge in [0.25, 0.3) is 0 Å². The van der Waals surface area contributed by atoms with E-state index < -0.39 is 0 Å². The SMILES string of the molecule is CC(=O)CCNc1cc(NC2CCC2)nc(C)n1. The average molecular weight is 248 g/mol. The lowest BCUT2D eigenvalue weighted by Crippen LogP contribution is -2.27. The van der Waals surface area contributed by atoms with Crippen LogP contribution in [-0.4, -0.2) is 28.3 Å². The van der Waals surface area contributed by atoms with Gasteiger partial charge in [-0.1, -0.05) is 0 Å². The maximum absolute atomic E-state index is 10.9. The molecule has 0 saturated heterocycles. The van der Waals surface area contributed by atoms with Crippen LogP contribution in [0.5, 0.6) is 0 Å². The highest BCUT2D eigenvalue weighted by Crippen LogP contribution is 2.23. The van der Waals surface area contributed by atoms with E-state index in [4.69, 9.17) is 0 Å². The van der Waals surface area contributed by atoms with Gasteiger partial charge in [0.15, 0.2) is 0 Å². The number of Topliss-reactive ketones (excluding diaryl/α,β-unsaturated/α-hetero) is 1. The van der Waals surface area contributed by atoms with E-state index in [0.29, 0.717) is 19.0 Å². The first-order chi connectivity index (χ1) is 8.63. The molecule has 2 N–H and O–H groups in total. The van der Waals surface area contributed by atoms with Crippen molar-refractivity contribution in [1.29, 1.82) is 0 Å². The predicted molar refractivity (Wildman–Crippen MR) is 71.8 cm³/mol. The summed E-state index contributed by atoms with van der Waals surface area (Å²) in [6.45, 7) is 4.09. The molecule has 1 aromatic heterocycles. The minimum absolute atomic E-state index is 0.182. The Morgan fingerprint density at radius 1 is 1.39 bits per heavy atom. The number of hydrogen-bond donors (Lipinski definition) is 2. The lowest BCUT2D eigenvalue weighted by molar-refractivity contribution is -0.116. The standard InChI is InChI=1S/C13H20N4O/c1-9(18)6-7-14-12-8-13(16-10(2)15-12)17-11-4-3-5-11/h8,11H,3-7H2,1-2H3,(H2,14,15,16,17). The second-order valence-corrected chi connectivity index (χ2v) is 4.84. The normalized spacial score (nSPS) is 15.0. The van der Waals surface area contributed by atoms with Crippen molar-refractivity contribution in [2.75, 3.05) is 17.2 Å². The molecule has 5 heteroatoms.